The molecule has 4 aliphatic rings. The highest BCUT2D eigenvalue weighted by molar-refractivity contribution is 5.86. The van der Waals surface area contributed by atoms with Crippen molar-refractivity contribution in [1.29, 1.82) is 5.26 Å². The minimum absolute atomic E-state index is 0.00834. The number of piperidine rings is 2. The Morgan fingerprint density at radius 3 is 2.47 bits per heavy atom. The lowest BCUT2D eigenvalue weighted by molar-refractivity contribution is 0.0647. The summed E-state index contributed by atoms with van der Waals surface area (Å²) in [5.74, 6) is 1.68. The zero-order valence-corrected chi connectivity index (χ0v) is 19.0. The minimum atomic E-state index is 0.00834. The largest absolute Gasteiger partial charge is 0.349 e. The first-order valence-corrected chi connectivity index (χ1v) is 11.8. The van der Waals surface area contributed by atoms with Gasteiger partial charge in [0.1, 0.15) is 11.9 Å². The Bertz CT molecular complexity index is 1440. The van der Waals surface area contributed by atoms with Crippen LogP contribution in [-0.4, -0.2) is 47.0 Å². The van der Waals surface area contributed by atoms with E-state index in [-0.39, 0.29) is 5.54 Å². The maximum atomic E-state index is 9.67. The third-order valence-corrected chi connectivity index (χ3v) is 7.93. The van der Waals surface area contributed by atoms with E-state index in [9.17, 15) is 5.26 Å². The summed E-state index contributed by atoms with van der Waals surface area (Å²) in [6.45, 7) is 0. The van der Waals surface area contributed by atoms with Crippen molar-refractivity contribution in [2.75, 3.05) is 4.90 Å². The summed E-state index contributed by atoms with van der Waals surface area (Å²) in [7, 11) is 1.89. The lowest BCUT2D eigenvalue weighted by atomic mass is 9.60. The van der Waals surface area contributed by atoms with E-state index in [1.54, 1.807) is 15.4 Å². The lowest BCUT2D eigenvalue weighted by Gasteiger charge is -2.60. The third kappa shape index (κ3) is 2.88. The maximum absolute atomic E-state index is 9.67. The van der Waals surface area contributed by atoms with Crippen LogP contribution in [0.15, 0.2) is 43.2 Å². The van der Waals surface area contributed by atoms with Crippen molar-refractivity contribution in [2.24, 2.45) is 18.7 Å². The third-order valence-electron chi connectivity index (χ3n) is 7.93. The minimum Gasteiger partial charge on any atom is -0.349 e. The molecule has 8 rings (SSSR count). The van der Waals surface area contributed by atoms with E-state index in [0.29, 0.717) is 17.6 Å². The first kappa shape index (κ1) is 19.7. The number of hydrogen-bond donors (Lipinski definition) is 1. The molecule has 0 aromatic carbocycles. The van der Waals surface area contributed by atoms with Gasteiger partial charge in [-0.2, -0.15) is 15.5 Å². The van der Waals surface area contributed by atoms with Gasteiger partial charge in [0.15, 0.2) is 0 Å². The fraction of sp³-hybridized carbons (Fsp3) is 0.400. The number of aromatic nitrogens is 6. The highest BCUT2D eigenvalue weighted by Gasteiger charge is 2.53. The first-order chi connectivity index (χ1) is 16.5. The van der Waals surface area contributed by atoms with Gasteiger partial charge in [0.25, 0.3) is 0 Å². The summed E-state index contributed by atoms with van der Waals surface area (Å²) < 4.78 is 3.51. The first-order valence-electron chi connectivity index (χ1n) is 11.8. The van der Waals surface area contributed by atoms with Crippen LogP contribution in [0.2, 0.25) is 0 Å². The van der Waals surface area contributed by atoms with Crippen LogP contribution in [0.5, 0.6) is 0 Å². The van der Waals surface area contributed by atoms with E-state index in [2.05, 4.69) is 21.2 Å². The van der Waals surface area contributed by atoms with Crippen LogP contribution in [0, 0.1) is 17.2 Å². The molecule has 9 nitrogen and oxygen atoms in total. The van der Waals surface area contributed by atoms with Gasteiger partial charge in [0.2, 0.25) is 0 Å². The average Bonchev–Trinajstić information content (AvgIpc) is 3.43. The Kier molecular flexibility index (Phi) is 3.98. The molecular formula is C25H25N9. The molecule has 4 bridgehead atoms. The number of hydrogen-bond acceptors (Lipinski definition) is 7. The Morgan fingerprint density at radius 2 is 1.82 bits per heavy atom. The maximum Gasteiger partial charge on any atom is 0.147 e. The summed E-state index contributed by atoms with van der Waals surface area (Å²) in [5.41, 5.74) is 11.4. The van der Waals surface area contributed by atoms with Gasteiger partial charge < -0.3 is 10.6 Å². The summed E-state index contributed by atoms with van der Waals surface area (Å²) in [6.07, 6.45) is 16.7. The Balaban J connectivity index is 1.30. The Labute approximate surface area is 196 Å². The van der Waals surface area contributed by atoms with Crippen LogP contribution in [0.25, 0.3) is 27.9 Å². The van der Waals surface area contributed by atoms with E-state index >= 15 is 0 Å². The number of anilines is 1. The molecule has 9 heteroatoms. The number of aryl methyl sites for hydroxylation is 1. The average molecular weight is 452 g/mol. The molecule has 170 valence electrons. The normalized spacial score (nSPS) is 27.4. The van der Waals surface area contributed by atoms with Crippen LogP contribution in [0.3, 0.4) is 0 Å². The predicted molar refractivity (Wildman–Crippen MR) is 127 cm³/mol. The Hall–Kier alpha value is -3.77. The summed E-state index contributed by atoms with van der Waals surface area (Å²) >= 11 is 0. The number of rotatable bonds is 3. The van der Waals surface area contributed by atoms with Crippen molar-refractivity contribution < 1.29 is 0 Å². The van der Waals surface area contributed by atoms with Gasteiger partial charge in [-0.25, -0.2) is 9.50 Å². The zero-order chi connectivity index (χ0) is 23.0. The molecule has 2 saturated heterocycles. The van der Waals surface area contributed by atoms with Gasteiger partial charge in [-0.1, -0.05) is 0 Å². The van der Waals surface area contributed by atoms with Gasteiger partial charge in [-0.05, 0) is 44.1 Å². The number of nitrogens with zero attached hydrogens (tertiary/aromatic N) is 8. The number of nitriles is 1. The molecule has 0 radical (unpaired) electrons. The molecule has 34 heavy (non-hydrogen) atoms. The number of fused-ring (bicyclic) bond motifs is 1. The summed E-state index contributed by atoms with van der Waals surface area (Å²) in [4.78, 5) is 12.2. The molecule has 0 spiro atoms. The molecule has 4 aromatic rings. The van der Waals surface area contributed by atoms with Crippen LogP contribution in [-0.2, 0) is 7.05 Å². The summed E-state index contributed by atoms with van der Waals surface area (Å²) in [5, 5.41) is 18.4. The van der Waals surface area contributed by atoms with E-state index < -0.39 is 0 Å². The molecule has 4 aromatic heterocycles. The van der Waals surface area contributed by atoms with E-state index in [1.807, 2.05) is 44.1 Å². The molecule has 2 unspecified atom stereocenters. The van der Waals surface area contributed by atoms with Gasteiger partial charge in [0, 0.05) is 53.8 Å². The topological polar surface area (TPSA) is 114 Å². The molecule has 0 amide bonds. The van der Waals surface area contributed by atoms with E-state index in [1.165, 1.54) is 19.3 Å². The second-order valence-electron chi connectivity index (χ2n) is 10.3. The fourth-order valence-electron chi connectivity index (χ4n) is 6.78. The highest BCUT2D eigenvalue weighted by atomic mass is 15.3. The van der Waals surface area contributed by atoms with Gasteiger partial charge in [-0.15, -0.1) is 0 Å². The van der Waals surface area contributed by atoms with Crippen LogP contribution in [0.4, 0.5) is 5.82 Å². The van der Waals surface area contributed by atoms with Crippen molar-refractivity contribution in [3.8, 4) is 28.5 Å². The van der Waals surface area contributed by atoms with Crippen molar-refractivity contribution in [2.45, 2.75) is 49.7 Å². The molecule has 2 aliphatic heterocycles. The smallest absolute Gasteiger partial charge is 0.147 e. The Morgan fingerprint density at radius 1 is 1.00 bits per heavy atom. The molecule has 4 atom stereocenters. The molecule has 2 N–H and O–H groups in total. The van der Waals surface area contributed by atoms with Crippen molar-refractivity contribution in [3.63, 3.8) is 0 Å². The second-order valence-corrected chi connectivity index (χ2v) is 10.3. The highest BCUT2D eigenvalue weighted by Crippen LogP contribution is 2.51. The molecule has 2 saturated carbocycles. The molecule has 2 aliphatic carbocycles. The number of pyridine rings is 1. The van der Waals surface area contributed by atoms with Crippen molar-refractivity contribution in [3.05, 3.63) is 48.8 Å². The van der Waals surface area contributed by atoms with Gasteiger partial charge >= 0.3 is 0 Å². The summed E-state index contributed by atoms with van der Waals surface area (Å²) in [6, 6.07) is 5.21. The van der Waals surface area contributed by atoms with Gasteiger partial charge in [0.05, 0.1) is 41.6 Å². The van der Waals surface area contributed by atoms with Crippen LogP contribution >= 0.6 is 0 Å². The van der Waals surface area contributed by atoms with Crippen LogP contribution in [0.1, 0.15) is 37.7 Å². The molecule has 4 fully saturated rings. The molecule has 6 heterocycles. The van der Waals surface area contributed by atoms with E-state index in [4.69, 9.17) is 15.7 Å². The SMILES string of the molecule is Cn1cc(-c2cc(-c3cnc(N4[C@@H]5CC6C[C@H]4CC(N)(C6)C5)cn3)c3c(C#N)cnn3c2)cn1. The zero-order valence-electron chi connectivity index (χ0n) is 19.0. The lowest BCUT2D eigenvalue weighted by Crippen LogP contribution is -2.67. The molecular weight excluding hydrogens is 426 g/mol. The van der Waals surface area contributed by atoms with Gasteiger partial charge in [-0.3, -0.25) is 9.67 Å². The quantitative estimate of drug-likeness (QED) is 0.509. The second kappa shape index (κ2) is 6.87. The monoisotopic (exact) mass is 451 g/mol. The fourth-order valence-corrected chi connectivity index (χ4v) is 6.78. The predicted octanol–water partition coefficient (Wildman–Crippen LogP) is 2.91. The number of nitrogens with two attached hydrogens (primary N) is 1. The van der Waals surface area contributed by atoms with E-state index in [0.717, 1.165) is 52.5 Å². The van der Waals surface area contributed by atoms with Crippen molar-refractivity contribution in [1.82, 2.24) is 29.4 Å². The van der Waals surface area contributed by atoms with Crippen molar-refractivity contribution >= 4 is 11.3 Å². The van der Waals surface area contributed by atoms with Crippen LogP contribution < -0.4 is 10.6 Å². The standard InChI is InChI=1S/C25H25N9/c1-32-13-18(10-30-32)16-4-21(24-17(8-26)9-31-33(24)14-16)22-11-29-23(12-28-22)34-19-2-15-3-20(34)7-25(27,5-15)6-19/h4,9-15,19-20H,2-3,5-7,27H2,1H3/t15?,19-,20+,25?.